The Bertz CT molecular complexity index is 1140. The van der Waals surface area contributed by atoms with Gasteiger partial charge in [0.2, 0.25) is 5.91 Å². The van der Waals surface area contributed by atoms with Gasteiger partial charge in [-0.2, -0.15) is 5.10 Å². The average molecular weight is 436 g/mol. The van der Waals surface area contributed by atoms with Crippen LogP contribution in [0.25, 0.3) is 5.69 Å². The van der Waals surface area contributed by atoms with Crippen LogP contribution >= 0.6 is 0 Å². The molecule has 9 nitrogen and oxygen atoms in total. The highest BCUT2D eigenvalue weighted by atomic mass is 16.6. The minimum atomic E-state index is -1.09. The summed E-state index contributed by atoms with van der Waals surface area (Å²) >= 11 is 0. The van der Waals surface area contributed by atoms with Gasteiger partial charge in [-0.3, -0.25) is 14.9 Å². The number of carbonyl (C=O) groups excluding carboxylic acids is 2. The summed E-state index contributed by atoms with van der Waals surface area (Å²) in [5.74, 6) is -1.16. The molecule has 9 heteroatoms. The van der Waals surface area contributed by atoms with E-state index in [1.807, 2.05) is 37.3 Å². The minimum Gasteiger partial charge on any atom is -0.464 e. The van der Waals surface area contributed by atoms with Crippen LogP contribution in [0, 0.1) is 24.0 Å². The summed E-state index contributed by atoms with van der Waals surface area (Å²) in [6.45, 7) is 5.38. The number of carbonyl (C=O) groups is 2. The minimum absolute atomic E-state index is 0.139. The molecule has 3 rings (SSSR count). The van der Waals surface area contributed by atoms with Crippen molar-refractivity contribution < 1.29 is 19.2 Å². The molecule has 32 heavy (non-hydrogen) atoms. The third-order valence-electron chi connectivity index (χ3n) is 5.00. The summed E-state index contributed by atoms with van der Waals surface area (Å²) < 4.78 is 6.90. The number of para-hydroxylation sites is 2. The third-order valence-corrected chi connectivity index (χ3v) is 5.00. The van der Waals surface area contributed by atoms with Crippen LogP contribution in [0.15, 0.2) is 54.6 Å². The molecule has 0 aliphatic rings. The second-order valence-corrected chi connectivity index (χ2v) is 7.15. The molecule has 166 valence electrons. The first-order valence-corrected chi connectivity index (χ1v) is 10.1. The lowest BCUT2D eigenvalue weighted by atomic mass is 10.0. The first-order valence-electron chi connectivity index (χ1n) is 10.1. The van der Waals surface area contributed by atoms with Crippen molar-refractivity contribution in [3.8, 4) is 5.69 Å². The van der Waals surface area contributed by atoms with E-state index in [-0.39, 0.29) is 24.3 Å². The molecule has 0 aliphatic carbocycles. The van der Waals surface area contributed by atoms with Gasteiger partial charge in [-0.05, 0) is 32.9 Å². The predicted octanol–water partition coefficient (Wildman–Crippen LogP) is 3.36. The van der Waals surface area contributed by atoms with E-state index in [9.17, 15) is 19.7 Å². The Balaban J connectivity index is 1.94. The standard InChI is InChI=1S/C23H24N4O5/c1-4-32-23(29)22(24-20(28)14-17-10-8-9-13-19(17)27(30)31)21-15(2)25-26(16(21)3)18-11-6-5-7-12-18/h5-13,22H,4,14H2,1-3H3,(H,24,28)/t22-/m1/s1. The van der Waals surface area contributed by atoms with Gasteiger partial charge in [-0.25, -0.2) is 9.48 Å². The Hall–Kier alpha value is -4.01. The zero-order valence-corrected chi connectivity index (χ0v) is 18.1. The zero-order chi connectivity index (χ0) is 23.3. The number of nitrogens with one attached hydrogen (secondary N) is 1. The highest BCUT2D eigenvalue weighted by molar-refractivity contribution is 5.87. The molecule has 0 saturated carbocycles. The summed E-state index contributed by atoms with van der Waals surface area (Å²) in [6.07, 6.45) is -0.252. The maximum Gasteiger partial charge on any atom is 0.333 e. The number of aryl methyl sites for hydroxylation is 1. The van der Waals surface area contributed by atoms with Crippen LogP contribution in [0.2, 0.25) is 0 Å². The second kappa shape index (κ2) is 9.86. The van der Waals surface area contributed by atoms with Crippen LogP contribution in [-0.4, -0.2) is 33.2 Å². The number of nitrogens with zero attached hydrogens (tertiary/aromatic N) is 3. The van der Waals surface area contributed by atoms with Crippen LogP contribution in [0.5, 0.6) is 0 Å². The number of amides is 1. The SMILES string of the molecule is CCOC(=O)[C@H](NC(=O)Cc1ccccc1[N+](=O)[O-])c1c(C)nn(-c2ccccc2)c1C. The summed E-state index contributed by atoms with van der Waals surface area (Å²) in [5, 5.41) is 18.5. The van der Waals surface area contributed by atoms with Crippen LogP contribution in [0.1, 0.15) is 35.5 Å². The second-order valence-electron chi connectivity index (χ2n) is 7.15. The Morgan fingerprint density at radius 1 is 1.12 bits per heavy atom. The molecule has 1 heterocycles. The summed E-state index contributed by atoms with van der Waals surface area (Å²) in [7, 11) is 0. The van der Waals surface area contributed by atoms with E-state index >= 15 is 0 Å². The quantitative estimate of drug-likeness (QED) is 0.329. The van der Waals surface area contributed by atoms with Crippen molar-refractivity contribution in [1.82, 2.24) is 15.1 Å². The number of nitro groups is 1. The lowest BCUT2D eigenvalue weighted by molar-refractivity contribution is -0.385. The Kier molecular flexibility index (Phi) is 6.99. The van der Waals surface area contributed by atoms with Crippen LogP contribution in [0.4, 0.5) is 5.69 Å². The first kappa shape index (κ1) is 22.7. The molecular formula is C23H24N4O5. The Labute approximate surface area is 185 Å². The van der Waals surface area contributed by atoms with E-state index in [1.165, 1.54) is 18.2 Å². The van der Waals surface area contributed by atoms with Crippen molar-refractivity contribution in [3.05, 3.63) is 87.2 Å². The monoisotopic (exact) mass is 436 g/mol. The number of ether oxygens (including phenoxy) is 1. The van der Waals surface area contributed by atoms with E-state index in [0.29, 0.717) is 17.0 Å². The van der Waals surface area contributed by atoms with Crippen molar-refractivity contribution in [2.24, 2.45) is 0 Å². The first-order chi connectivity index (χ1) is 15.3. The molecule has 0 bridgehead atoms. The summed E-state index contributed by atoms with van der Waals surface area (Å²) in [6, 6.07) is 14.3. The van der Waals surface area contributed by atoms with Gasteiger partial charge in [0.05, 0.1) is 29.3 Å². The van der Waals surface area contributed by atoms with Crippen molar-refractivity contribution in [3.63, 3.8) is 0 Å². The van der Waals surface area contributed by atoms with Crippen LogP contribution < -0.4 is 5.32 Å². The summed E-state index contributed by atoms with van der Waals surface area (Å²) in [5.41, 5.74) is 2.69. The van der Waals surface area contributed by atoms with Crippen LogP contribution in [-0.2, 0) is 20.7 Å². The van der Waals surface area contributed by atoms with Crippen molar-refractivity contribution >= 4 is 17.6 Å². The van der Waals surface area contributed by atoms with Gasteiger partial charge in [0.15, 0.2) is 6.04 Å². The zero-order valence-electron chi connectivity index (χ0n) is 18.1. The van der Waals surface area contributed by atoms with Gasteiger partial charge in [0, 0.05) is 22.9 Å². The predicted molar refractivity (Wildman–Crippen MR) is 117 cm³/mol. The van der Waals surface area contributed by atoms with Gasteiger partial charge in [-0.15, -0.1) is 0 Å². The molecule has 1 amide bonds. The Morgan fingerprint density at radius 2 is 1.78 bits per heavy atom. The number of benzene rings is 2. The van der Waals surface area contributed by atoms with E-state index in [4.69, 9.17) is 4.74 Å². The lowest BCUT2D eigenvalue weighted by Gasteiger charge is -2.18. The average Bonchev–Trinajstić information content (AvgIpc) is 3.07. The highest BCUT2D eigenvalue weighted by Gasteiger charge is 2.31. The maximum atomic E-state index is 12.8. The normalized spacial score (nSPS) is 11.6. The molecule has 0 unspecified atom stereocenters. The summed E-state index contributed by atoms with van der Waals surface area (Å²) in [4.78, 5) is 36.3. The fourth-order valence-corrected chi connectivity index (χ4v) is 3.59. The maximum absolute atomic E-state index is 12.8. The lowest BCUT2D eigenvalue weighted by Crippen LogP contribution is -2.36. The molecular weight excluding hydrogens is 412 g/mol. The highest BCUT2D eigenvalue weighted by Crippen LogP contribution is 2.26. The van der Waals surface area contributed by atoms with Gasteiger partial charge in [0.1, 0.15) is 0 Å². The van der Waals surface area contributed by atoms with Gasteiger partial charge < -0.3 is 10.1 Å². The fourth-order valence-electron chi connectivity index (χ4n) is 3.59. The van der Waals surface area contributed by atoms with Crippen molar-refractivity contribution in [2.45, 2.75) is 33.2 Å². The van der Waals surface area contributed by atoms with E-state index in [1.54, 1.807) is 24.6 Å². The van der Waals surface area contributed by atoms with Crippen molar-refractivity contribution in [2.75, 3.05) is 6.61 Å². The number of hydrogen-bond donors (Lipinski definition) is 1. The molecule has 0 aliphatic heterocycles. The third kappa shape index (κ3) is 4.83. The van der Waals surface area contributed by atoms with E-state index in [2.05, 4.69) is 10.4 Å². The van der Waals surface area contributed by atoms with Gasteiger partial charge in [0.25, 0.3) is 5.69 Å². The van der Waals surface area contributed by atoms with Gasteiger partial charge in [-0.1, -0.05) is 36.4 Å². The topological polar surface area (TPSA) is 116 Å². The molecule has 2 aromatic carbocycles. The van der Waals surface area contributed by atoms with Crippen LogP contribution in [0.3, 0.4) is 0 Å². The molecule has 0 radical (unpaired) electrons. The van der Waals surface area contributed by atoms with Crippen molar-refractivity contribution in [1.29, 1.82) is 0 Å². The number of hydrogen-bond acceptors (Lipinski definition) is 6. The number of esters is 1. The van der Waals surface area contributed by atoms with Gasteiger partial charge >= 0.3 is 5.97 Å². The Morgan fingerprint density at radius 3 is 2.44 bits per heavy atom. The molecule has 1 N–H and O–H groups in total. The number of nitro benzene ring substituents is 1. The number of rotatable bonds is 8. The van der Waals surface area contributed by atoms with E-state index in [0.717, 1.165) is 5.69 Å². The largest absolute Gasteiger partial charge is 0.464 e. The molecule has 1 atom stereocenters. The molecule has 1 aromatic heterocycles. The molecule has 3 aromatic rings. The number of aromatic nitrogens is 2. The smallest absolute Gasteiger partial charge is 0.333 e. The fraction of sp³-hybridized carbons (Fsp3) is 0.261. The van der Waals surface area contributed by atoms with E-state index < -0.39 is 22.8 Å². The molecule has 0 spiro atoms. The molecule has 0 fully saturated rings. The molecule has 0 saturated heterocycles.